The van der Waals surface area contributed by atoms with Crippen LogP contribution in [0, 0.1) is 0 Å². The van der Waals surface area contributed by atoms with E-state index < -0.39 is 0 Å². The number of anilines is 9. The van der Waals surface area contributed by atoms with E-state index in [1.165, 1.54) is 109 Å². The van der Waals surface area contributed by atoms with Crippen molar-refractivity contribution in [2.75, 3.05) is 14.7 Å². The lowest BCUT2D eigenvalue weighted by Gasteiger charge is -2.44. The molecule has 0 amide bonds. The lowest BCUT2D eigenvalue weighted by atomic mass is 9.36. The summed E-state index contributed by atoms with van der Waals surface area (Å²) in [7, 11) is 0. The standard InChI is InChI=1S/C80H80BN3S/c1-76(2,3)56-27-36-61(37-28-56)82(62-38-29-57(30-39-62)77(4,5)6)68-50-69-67(49-65(68)54-26-25-52-23-19-20-24-53(52)45-54)81-73-70(83(69)63-40-31-58(32-41-63)78(7,8)9)46-55(51-21-17-16-18-22-51)47-71(73)84(64-42-33-59(34-43-64)79(10,11)12)74-66-48-60(80(13,14)15)35-44-72(66)85-75(74)81/h16-50H,1-15H3. The van der Waals surface area contributed by atoms with Crippen LogP contribution in [0.15, 0.2) is 212 Å². The second-order valence-corrected chi connectivity index (χ2v) is 30.3. The first-order chi connectivity index (χ1) is 40.3. The minimum absolute atomic E-state index is 0.00451. The van der Waals surface area contributed by atoms with Crippen LogP contribution in [-0.4, -0.2) is 6.71 Å². The highest BCUT2D eigenvalue weighted by molar-refractivity contribution is 7.33. The van der Waals surface area contributed by atoms with Crippen LogP contribution in [0.1, 0.15) is 132 Å². The van der Waals surface area contributed by atoms with Gasteiger partial charge in [0.25, 0.3) is 6.71 Å². The lowest BCUT2D eigenvalue weighted by molar-refractivity contribution is 0.590. The molecule has 2 aliphatic heterocycles. The molecule has 3 heterocycles. The highest BCUT2D eigenvalue weighted by Gasteiger charge is 2.47. The first-order valence-corrected chi connectivity index (χ1v) is 31.4. The van der Waals surface area contributed by atoms with Gasteiger partial charge >= 0.3 is 0 Å². The Bertz CT molecular complexity index is 4290. The monoisotopic (exact) mass is 1130 g/mol. The minimum Gasteiger partial charge on any atom is -0.311 e. The molecular formula is C80H80BN3S. The van der Waals surface area contributed by atoms with Crippen LogP contribution >= 0.6 is 11.3 Å². The Balaban J connectivity index is 1.19. The van der Waals surface area contributed by atoms with Gasteiger partial charge in [-0.2, -0.15) is 0 Å². The summed E-state index contributed by atoms with van der Waals surface area (Å²) in [5.74, 6) is 0. The summed E-state index contributed by atoms with van der Waals surface area (Å²) >= 11 is 1.97. The second-order valence-electron chi connectivity index (χ2n) is 29.2. The molecular weight excluding hydrogens is 1050 g/mol. The van der Waals surface area contributed by atoms with Crippen molar-refractivity contribution < 1.29 is 0 Å². The Morgan fingerprint density at radius 2 is 0.835 bits per heavy atom. The highest BCUT2D eigenvalue weighted by Crippen LogP contribution is 2.53. The molecule has 0 radical (unpaired) electrons. The molecule has 3 nitrogen and oxygen atoms in total. The summed E-state index contributed by atoms with van der Waals surface area (Å²) in [5.41, 5.74) is 24.2. The summed E-state index contributed by atoms with van der Waals surface area (Å²) in [6.07, 6.45) is 0. The Kier molecular flexibility index (Phi) is 13.4. The molecule has 0 fully saturated rings. The van der Waals surface area contributed by atoms with Gasteiger partial charge in [-0.25, -0.2) is 0 Å². The van der Waals surface area contributed by atoms with Gasteiger partial charge in [-0.05, 0) is 178 Å². The van der Waals surface area contributed by atoms with Gasteiger partial charge in [0.05, 0.1) is 11.4 Å². The van der Waals surface area contributed by atoms with E-state index in [1.54, 1.807) is 0 Å². The zero-order valence-corrected chi connectivity index (χ0v) is 53.4. The van der Waals surface area contributed by atoms with Crippen molar-refractivity contribution >= 4 is 106 Å². The van der Waals surface area contributed by atoms with Crippen LogP contribution in [0.2, 0.25) is 0 Å². The molecule has 0 aliphatic carbocycles. The Hall–Kier alpha value is -8.12. The molecule has 2 aliphatic rings. The maximum absolute atomic E-state index is 2.64. The van der Waals surface area contributed by atoms with Crippen molar-refractivity contribution in [3.63, 3.8) is 0 Å². The molecule has 13 rings (SSSR count). The molecule has 10 aromatic carbocycles. The van der Waals surface area contributed by atoms with E-state index in [1.807, 2.05) is 11.3 Å². The largest absolute Gasteiger partial charge is 0.311 e. The lowest BCUT2D eigenvalue weighted by Crippen LogP contribution is -2.60. The summed E-state index contributed by atoms with van der Waals surface area (Å²) in [5, 5.41) is 3.73. The fourth-order valence-electron chi connectivity index (χ4n) is 13.0. The molecule has 5 heteroatoms. The molecule has 0 atom stereocenters. The van der Waals surface area contributed by atoms with E-state index in [4.69, 9.17) is 0 Å². The van der Waals surface area contributed by atoms with E-state index >= 15 is 0 Å². The maximum Gasteiger partial charge on any atom is 0.264 e. The first-order valence-electron chi connectivity index (χ1n) is 30.6. The van der Waals surface area contributed by atoms with Gasteiger partial charge in [-0.1, -0.05) is 231 Å². The Morgan fingerprint density at radius 3 is 1.36 bits per heavy atom. The van der Waals surface area contributed by atoms with E-state index in [2.05, 4.69) is 331 Å². The SMILES string of the molecule is CC(C)(C)c1ccc(N(c2ccc(C(C)(C)C)cc2)c2cc3c(cc2-c2ccc4ccccc4c2)B2c4sc5ccc(C(C)(C)C)cc5c4N(c4ccc(C(C)(C)C)cc4)c4cc(-c5ccccc5)cc(c42)N3c2ccc(C(C)(C)C)cc2)cc1. The molecule has 0 N–H and O–H groups in total. The molecule has 0 unspecified atom stereocenters. The van der Waals surface area contributed by atoms with Crippen molar-refractivity contribution in [2.24, 2.45) is 0 Å². The predicted molar refractivity (Wildman–Crippen MR) is 372 cm³/mol. The number of rotatable bonds is 7. The van der Waals surface area contributed by atoms with Crippen LogP contribution in [0.4, 0.5) is 51.2 Å². The van der Waals surface area contributed by atoms with Crippen molar-refractivity contribution in [3.05, 3.63) is 240 Å². The number of thiophene rings is 1. The van der Waals surface area contributed by atoms with Crippen molar-refractivity contribution in [1.29, 1.82) is 0 Å². The van der Waals surface area contributed by atoms with Gasteiger partial charge in [0.15, 0.2) is 0 Å². The van der Waals surface area contributed by atoms with Crippen LogP contribution < -0.4 is 30.4 Å². The van der Waals surface area contributed by atoms with Crippen LogP contribution in [-0.2, 0) is 27.1 Å². The van der Waals surface area contributed by atoms with Crippen LogP contribution in [0.3, 0.4) is 0 Å². The Labute approximate surface area is 510 Å². The highest BCUT2D eigenvalue weighted by atomic mass is 32.1. The zero-order chi connectivity index (χ0) is 59.7. The van der Waals surface area contributed by atoms with Gasteiger partial charge in [0.1, 0.15) is 0 Å². The summed E-state index contributed by atoms with van der Waals surface area (Å²) in [6, 6.07) is 82.1. The van der Waals surface area contributed by atoms with E-state index in [0.717, 1.165) is 28.4 Å². The average Bonchev–Trinajstić information content (AvgIpc) is 1.70. The molecule has 0 saturated heterocycles. The minimum atomic E-state index is -0.121. The molecule has 0 saturated carbocycles. The second kappa shape index (κ2) is 20.3. The molecule has 85 heavy (non-hydrogen) atoms. The summed E-state index contributed by atoms with van der Waals surface area (Å²) < 4.78 is 2.65. The number of benzene rings is 10. The smallest absolute Gasteiger partial charge is 0.264 e. The Morgan fingerprint density at radius 1 is 0.365 bits per heavy atom. The first kappa shape index (κ1) is 56.0. The molecule has 11 aromatic rings. The third-order valence-electron chi connectivity index (χ3n) is 18.0. The molecule has 0 bridgehead atoms. The molecule has 0 spiro atoms. The molecule has 424 valence electrons. The van der Waals surface area contributed by atoms with Crippen LogP contribution in [0.5, 0.6) is 0 Å². The fourth-order valence-corrected chi connectivity index (χ4v) is 14.3. The van der Waals surface area contributed by atoms with E-state index in [0.29, 0.717) is 0 Å². The van der Waals surface area contributed by atoms with E-state index in [9.17, 15) is 0 Å². The third kappa shape index (κ3) is 10.1. The summed E-state index contributed by atoms with van der Waals surface area (Å²) in [6.45, 7) is 34.6. The van der Waals surface area contributed by atoms with Gasteiger partial charge in [-0.15, -0.1) is 11.3 Å². The van der Waals surface area contributed by atoms with Crippen molar-refractivity contribution in [1.82, 2.24) is 0 Å². The fraction of sp³-hybridized carbons (Fsp3) is 0.250. The van der Waals surface area contributed by atoms with Gasteiger partial charge in [0, 0.05) is 60.2 Å². The van der Waals surface area contributed by atoms with Crippen molar-refractivity contribution in [3.8, 4) is 22.3 Å². The van der Waals surface area contributed by atoms with Gasteiger partial charge < -0.3 is 14.7 Å². The van der Waals surface area contributed by atoms with Crippen molar-refractivity contribution in [2.45, 2.75) is 131 Å². The van der Waals surface area contributed by atoms with Gasteiger partial charge in [-0.3, -0.25) is 0 Å². The normalized spacial score (nSPS) is 13.5. The number of hydrogen-bond donors (Lipinski definition) is 0. The number of hydrogen-bond acceptors (Lipinski definition) is 4. The average molecular weight is 1130 g/mol. The van der Waals surface area contributed by atoms with Gasteiger partial charge in [0.2, 0.25) is 0 Å². The summed E-state index contributed by atoms with van der Waals surface area (Å²) in [4.78, 5) is 7.80. The van der Waals surface area contributed by atoms with E-state index in [-0.39, 0.29) is 33.8 Å². The third-order valence-corrected chi connectivity index (χ3v) is 19.2. The zero-order valence-electron chi connectivity index (χ0n) is 52.5. The molecule has 1 aromatic heterocycles. The number of fused-ring (bicyclic) bond motifs is 7. The maximum atomic E-state index is 2.64. The predicted octanol–water partition coefficient (Wildman–Crippen LogP) is 21.4. The van der Waals surface area contributed by atoms with Crippen LogP contribution in [0.25, 0.3) is 43.1 Å². The number of nitrogens with zero attached hydrogens (tertiary/aromatic N) is 3. The topological polar surface area (TPSA) is 9.72 Å². The quantitative estimate of drug-likeness (QED) is 0.147.